The lowest BCUT2D eigenvalue weighted by Gasteiger charge is -2.17. The lowest BCUT2D eigenvalue weighted by Crippen LogP contribution is -2.29. The lowest BCUT2D eigenvalue weighted by molar-refractivity contribution is -0.144. The number of hydrogen-bond acceptors (Lipinski definition) is 3. The summed E-state index contributed by atoms with van der Waals surface area (Å²) in [4.78, 5) is 26.4. The average Bonchev–Trinajstić information content (AvgIpc) is 3.23. The molecule has 180 valence electrons. The Morgan fingerprint density at radius 3 is 2.38 bits per heavy atom. The number of rotatable bonds is 8. The Hall–Kier alpha value is -3.28. The van der Waals surface area contributed by atoms with Crippen molar-refractivity contribution >= 4 is 27.9 Å². The van der Waals surface area contributed by atoms with Crippen LogP contribution in [-0.4, -0.2) is 26.3 Å². The molecular formula is C28H35N3O3. The summed E-state index contributed by atoms with van der Waals surface area (Å²) in [6.45, 7) is 11.0. The van der Waals surface area contributed by atoms with Gasteiger partial charge in [0, 0.05) is 30.2 Å². The zero-order valence-corrected chi connectivity index (χ0v) is 21.1. The molecule has 0 N–H and O–H groups in total. The summed E-state index contributed by atoms with van der Waals surface area (Å²) in [5.74, 6) is -0.262. The summed E-state index contributed by atoms with van der Waals surface area (Å²) in [6, 6.07) is 10.2. The van der Waals surface area contributed by atoms with Crippen LogP contribution in [0.5, 0.6) is 0 Å². The molecule has 4 rings (SSSR count). The van der Waals surface area contributed by atoms with Crippen molar-refractivity contribution in [2.45, 2.75) is 66.5 Å². The van der Waals surface area contributed by atoms with Crippen LogP contribution in [0.1, 0.15) is 61.4 Å². The van der Waals surface area contributed by atoms with E-state index < -0.39 is 0 Å². The number of ether oxygens (including phenoxy) is 1. The van der Waals surface area contributed by atoms with E-state index in [1.54, 1.807) is 0 Å². The van der Waals surface area contributed by atoms with Gasteiger partial charge in [-0.25, -0.2) is 4.79 Å². The Balaban J connectivity index is 1.92. The molecule has 0 aliphatic carbocycles. The highest BCUT2D eigenvalue weighted by atomic mass is 16.5. The second kappa shape index (κ2) is 9.53. The smallest absolute Gasteiger partial charge is 0.329 e. The Bertz CT molecular complexity index is 1420. The quantitative estimate of drug-likeness (QED) is 0.323. The first-order chi connectivity index (χ1) is 16.3. The predicted molar refractivity (Wildman–Crippen MR) is 138 cm³/mol. The number of carbonyl (C=O) groups excluding carboxylic acids is 1. The highest BCUT2D eigenvalue weighted by molar-refractivity contribution is 5.87. The van der Waals surface area contributed by atoms with Crippen molar-refractivity contribution in [3.05, 3.63) is 69.3 Å². The minimum atomic E-state index is -0.262. The molecule has 34 heavy (non-hydrogen) atoms. The molecule has 0 saturated carbocycles. The lowest BCUT2D eigenvalue weighted by atomic mass is 10.1. The van der Waals surface area contributed by atoms with Gasteiger partial charge in [-0.15, -0.1) is 0 Å². The third-order valence-electron chi connectivity index (χ3n) is 6.90. The van der Waals surface area contributed by atoms with E-state index >= 15 is 0 Å². The van der Waals surface area contributed by atoms with Crippen LogP contribution in [0.4, 0.5) is 0 Å². The van der Waals surface area contributed by atoms with Crippen molar-refractivity contribution < 1.29 is 9.53 Å². The summed E-state index contributed by atoms with van der Waals surface area (Å²) >= 11 is 0. The topological polar surface area (TPSA) is 58.2 Å². The third-order valence-corrected chi connectivity index (χ3v) is 6.90. The number of aromatic nitrogens is 3. The Morgan fingerprint density at radius 2 is 1.71 bits per heavy atom. The van der Waals surface area contributed by atoms with Crippen molar-refractivity contribution in [2.75, 3.05) is 6.61 Å². The van der Waals surface area contributed by atoms with Crippen LogP contribution in [0.2, 0.25) is 0 Å². The van der Waals surface area contributed by atoms with E-state index in [2.05, 4.69) is 68.8 Å². The number of esters is 1. The number of fused-ring (bicyclic) bond motifs is 2. The molecule has 0 bridgehead atoms. The number of aryl methyl sites for hydroxylation is 4. The van der Waals surface area contributed by atoms with Gasteiger partial charge in [-0.05, 0) is 74.6 Å². The second-order valence-electron chi connectivity index (χ2n) is 9.35. The number of nitrogens with zero attached hydrogens (tertiary/aromatic N) is 3. The Labute approximate surface area is 200 Å². The zero-order chi connectivity index (χ0) is 24.6. The molecule has 0 spiro atoms. The van der Waals surface area contributed by atoms with Gasteiger partial charge in [0.1, 0.15) is 0 Å². The largest absolute Gasteiger partial charge is 0.466 e. The molecule has 4 aromatic rings. The molecule has 0 aliphatic heterocycles. The SMILES string of the molecule is CCCC(CC(=O)OCC)n1c(=O)n(Cc2cn(C)c3cccc(C)c23)c2cc(C)c(C)cc21. The minimum Gasteiger partial charge on any atom is -0.466 e. The number of benzene rings is 2. The van der Waals surface area contributed by atoms with Gasteiger partial charge < -0.3 is 9.30 Å². The standard InChI is InChI=1S/C28H35N3O3/c1-7-10-22(15-26(32)34-8-2)31-25-14-20(5)19(4)13-24(25)30(28(31)33)17-21-16-29(6)23-12-9-11-18(3)27(21)23/h9,11-14,16,22H,7-8,10,15,17H2,1-6H3. The highest BCUT2D eigenvalue weighted by Crippen LogP contribution is 2.29. The fourth-order valence-corrected chi connectivity index (χ4v) is 5.13. The fourth-order valence-electron chi connectivity index (χ4n) is 5.13. The van der Waals surface area contributed by atoms with E-state index in [0.29, 0.717) is 13.2 Å². The zero-order valence-electron chi connectivity index (χ0n) is 21.1. The maximum atomic E-state index is 14.0. The van der Waals surface area contributed by atoms with Crippen LogP contribution < -0.4 is 5.69 Å². The molecule has 0 aliphatic rings. The van der Waals surface area contributed by atoms with Crippen molar-refractivity contribution in [3.63, 3.8) is 0 Å². The Kier molecular flexibility index (Phi) is 6.69. The maximum Gasteiger partial charge on any atom is 0.329 e. The molecule has 0 amide bonds. The van der Waals surface area contributed by atoms with Gasteiger partial charge in [-0.3, -0.25) is 13.9 Å². The molecule has 6 nitrogen and oxygen atoms in total. The summed E-state index contributed by atoms with van der Waals surface area (Å²) in [7, 11) is 2.04. The number of imidazole rings is 1. The minimum absolute atomic E-state index is 0.0756. The molecular weight excluding hydrogens is 426 g/mol. The van der Waals surface area contributed by atoms with Gasteiger partial charge >= 0.3 is 11.7 Å². The summed E-state index contributed by atoms with van der Waals surface area (Å²) < 4.78 is 11.1. The van der Waals surface area contributed by atoms with E-state index in [-0.39, 0.29) is 24.1 Å². The van der Waals surface area contributed by atoms with Crippen LogP contribution in [-0.2, 0) is 23.1 Å². The van der Waals surface area contributed by atoms with Crippen molar-refractivity contribution in [1.82, 2.24) is 13.7 Å². The molecule has 2 heterocycles. The van der Waals surface area contributed by atoms with E-state index in [0.717, 1.165) is 46.1 Å². The summed E-state index contributed by atoms with van der Waals surface area (Å²) in [6.07, 6.45) is 3.92. The first-order valence-corrected chi connectivity index (χ1v) is 12.2. The molecule has 6 heteroatoms. The van der Waals surface area contributed by atoms with Crippen LogP contribution in [0, 0.1) is 20.8 Å². The predicted octanol–water partition coefficient (Wildman–Crippen LogP) is 5.56. The normalized spacial score (nSPS) is 12.5. The first-order valence-electron chi connectivity index (χ1n) is 12.2. The van der Waals surface area contributed by atoms with E-state index in [1.807, 2.05) is 23.1 Å². The van der Waals surface area contributed by atoms with Gasteiger partial charge in [-0.1, -0.05) is 25.5 Å². The Morgan fingerprint density at radius 1 is 1.00 bits per heavy atom. The van der Waals surface area contributed by atoms with Crippen LogP contribution >= 0.6 is 0 Å². The molecule has 0 saturated heterocycles. The van der Waals surface area contributed by atoms with Crippen LogP contribution in [0.15, 0.2) is 41.3 Å². The van der Waals surface area contributed by atoms with Gasteiger partial charge in [0.25, 0.3) is 0 Å². The highest BCUT2D eigenvalue weighted by Gasteiger charge is 2.24. The van der Waals surface area contributed by atoms with Crippen molar-refractivity contribution in [3.8, 4) is 0 Å². The average molecular weight is 462 g/mol. The maximum absolute atomic E-state index is 14.0. The summed E-state index contributed by atoms with van der Waals surface area (Å²) in [5.41, 5.74) is 7.46. The first kappa shape index (κ1) is 23.9. The van der Waals surface area contributed by atoms with Gasteiger partial charge in [0.05, 0.1) is 30.6 Å². The third kappa shape index (κ3) is 4.17. The molecule has 0 fully saturated rings. The van der Waals surface area contributed by atoms with E-state index in [9.17, 15) is 9.59 Å². The molecule has 1 unspecified atom stereocenters. The molecule has 1 atom stereocenters. The van der Waals surface area contributed by atoms with Gasteiger partial charge in [-0.2, -0.15) is 0 Å². The van der Waals surface area contributed by atoms with E-state index in [1.165, 1.54) is 10.9 Å². The van der Waals surface area contributed by atoms with Crippen LogP contribution in [0.3, 0.4) is 0 Å². The number of carbonyl (C=O) groups is 1. The van der Waals surface area contributed by atoms with Crippen LogP contribution in [0.25, 0.3) is 21.9 Å². The van der Waals surface area contributed by atoms with E-state index in [4.69, 9.17) is 4.74 Å². The summed E-state index contributed by atoms with van der Waals surface area (Å²) in [5, 5.41) is 1.19. The molecule has 2 aromatic heterocycles. The van der Waals surface area contributed by atoms with Crippen molar-refractivity contribution in [1.29, 1.82) is 0 Å². The molecule has 2 aromatic carbocycles. The van der Waals surface area contributed by atoms with Gasteiger partial charge in [0.15, 0.2) is 0 Å². The monoisotopic (exact) mass is 461 g/mol. The van der Waals surface area contributed by atoms with Crippen molar-refractivity contribution in [2.24, 2.45) is 7.05 Å². The second-order valence-corrected chi connectivity index (χ2v) is 9.35. The molecule has 0 radical (unpaired) electrons. The number of hydrogen-bond donors (Lipinski definition) is 0. The fraction of sp³-hybridized carbons (Fsp3) is 0.429. The van der Waals surface area contributed by atoms with Gasteiger partial charge in [0.2, 0.25) is 0 Å².